The maximum Gasteiger partial charge on any atom is 0.0724 e. The van der Waals surface area contributed by atoms with Crippen molar-refractivity contribution in [1.29, 1.82) is 0 Å². The maximum absolute atomic E-state index is 5.47. The van der Waals surface area contributed by atoms with Crippen molar-refractivity contribution in [2.75, 3.05) is 13.7 Å². The Morgan fingerprint density at radius 1 is 1.35 bits per heavy atom. The molecule has 0 amide bonds. The van der Waals surface area contributed by atoms with Crippen LogP contribution >= 0.6 is 0 Å². The van der Waals surface area contributed by atoms with Crippen LogP contribution in [0.4, 0.5) is 0 Å². The summed E-state index contributed by atoms with van der Waals surface area (Å²) in [6, 6.07) is 10.8. The number of hydrogen-bond acceptors (Lipinski definition) is 2. The molecule has 1 aliphatic carbocycles. The van der Waals surface area contributed by atoms with Gasteiger partial charge in [-0.15, -0.1) is 0 Å². The Balaban J connectivity index is 1.84. The van der Waals surface area contributed by atoms with E-state index in [0.717, 1.165) is 12.1 Å². The molecular weight excluding hydrogens is 210 g/mol. The summed E-state index contributed by atoms with van der Waals surface area (Å²) in [7, 11) is 1.80. The molecule has 0 saturated heterocycles. The van der Waals surface area contributed by atoms with Crippen LogP contribution in [0, 0.1) is 0 Å². The number of nitrogens with one attached hydrogen (secondary N) is 1. The van der Waals surface area contributed by atoms with Gasteiger partial charge >= 0.3 is 0 Å². The van der Waals surface area contributed by atoms with E-state index >= 15 is 0 Å². The molecule has 1 fully saturated rings. The second-order valence-corrected chi connectivity index (χ2v) is 4.66. The SMILES string of the molecule is C=C(CNC1CCCC1OC)c1ccccc1. The Labute approximate surface area is 104 Å². The molecule has 0 spiro atoms. The van der Waals surface area contributed by atoms with Crippen LogP contribution in [-0.2, 0) is 4.74 Å². The molecule has 2 heteroatoms. The lowest BCUT2D eigenvalue weighted by Gasteiger charge is -2.20. The average Bonchev–Trinajstić information content (AvgIpc) is 2.84. The highest BCUT2D eigenvalue weighted by atomic mass is 16.5. The maximum atomic E-state index is 5.47. The summed E-state index contributed by atoms with van der Waals surface area (Å²) in [6.07, 6.45) is 4.01. The molecular formula is C15H21NO. The van der Waals surface area contributed by atoms with Crippen molar-refractivity contribution in [2.45, 2.75) is 31.4 Å². The minimum absolute atomic E-state index is 0.374. The van der Waals surface area contributed by atoms with E-state index < -0.39 is 0 Å². The summed E-state index contributed by atoms with van der Waals surface area (Å²) >= 11 is 0. The van der Waals surface area contributed by atoms with Crippen LogP contribution in [0.1, 0.15) is 24.8 Å². The number of ether oxygens (including phenoxy) is 1. The molecule has 17 heavy (non-hydrogen) atoms. The quantitative estimate of drug-likeness (QED) is 0.841. The van der Waals surface area contributed by atoms with Crippen molar-refractivity contribution in [1.82, 2.24) is 5.32 Å². The van der Waals surface area contributed by atoms with E-state index in [4.69, 9.17) is 4.74 Å². The smallest absolute Gasteiger partial charge is 0.0724 e. The van der Waals surface area contributed by atoms with Gasteiger partial charge in [-0.1, -0.05) is 36.9 Å². The summed E-state index contributed by atoms with van der Waals surface area (Å²) in [5, 5.41) is 3.56. The van der Waals surface area contributed by atoms with E-state index in [1.54, 1.807) is 7.11 Å². The van der Waals surface area contributed by atoms with E-state index in [0.29, 0.717) is 12.1 Å². The van der Waals surface area contributed by atoms with Crippen molar-refractivity contribution in [3.05, 3.63) is 42.5 Å². The van der Waals surface area contributed by atoms with Crippen LogP contribution in [0.15, 0.2) is 36.9 Å². The monoisotopic (exact) mass is 231 g/mol. The first-order valence-electron chi connectivity index (χ1n) is 6.30. The first-order valence-corrected chi connectivity index (χ1v) is 6.30. The van der Waals surface area contributed by atoms with Crippen LogP contribution in [0.25, 0.3) is 5.57 Å². The largest absolute Gasteiger partial charge is 0.380 e. The summed E-state index contributed by atoms with van der Waals surface area (Å²) in [5.74, 6) is 0. The van der Waals surface area contributed by atoms with Gasteiger partial charge in [-0.25, -0.2) is 0 Å². The van der Waals surface area contributed by atoms with E-state index in [1.807, 2.05) is 18.2 Å². The minimum atomic E-state index is 0.374. The van der Waals surface area contributed by atoms with Crippen molar-refractivity contribution >= 4 is 5.57 Å². The lowest BCUT2D eigenvalue weighted by Crippen LogP contribution is -2.37. The Hall–Kier alpha value is -1.12. The second kappa shape index (κ2) is 5.99. The zero-order chi connectivity index (χ0) is 12.1. The third kappa shape index (κ3) is 3.18. The Morgan fingerprint density at radius 3 is 2.82 bits per heavy atom. The molecule has 0 heterocycles. The highest BCUT2D eigenvalue weighted by Gasteiger charge is 2.26. The van der Waals surface area contributed by atoms with Crippen LogP contribution in [-0.4, -0.2) is 25.8 Å². The Bertz CT molecular complexity index is 360. The number of rotatable bonds is 5. The van der Waals surface area contributed by atoms with Gasteiger partial charge < -0.3 is 10.1 Å². The van der Waals surface area contributed by atoms with Crippen LogP contribution in [0.2, 0.25) is 0 Å². The zero-order valence-corrected chi connectivity index (χ0v) is 10.5. The molecule has 1 aromatic rings. The predicted molar refractivity (Wildman–Crippen MR) is 71.9 cm³/mol. The van der Waals surface area contributed by atoms with Gasteiger partial charge in [-0.2, -0.15) is 0 Å². The molecule has 1 aliphatic rings. The van der Waals surface area contributed by atoms with E-state index in [1.165, 1.54) is 24.8 Å². The highest BCUT2D eigenvalue weighted by molar-refractivity contribution is 5.64. The lowest BCUT2D eigenvalue weighted by molar-refractivity contribution is 0.0866. The van der Waals surface area contributed by atoms with Crippen molar-refractivity contribution in [3.63, 3.8) is 0 Å². The molecule has 0 aliphatic heterocycles. The molecule has 1 saturated carbocycles. The van der Waals surface area contributed by atoms with Gasteiger partial charge in [-0.3, -0.25) is 0 Å². The van der Waals surface area contributed by atoms with Gasteiger partial charge in [0.2, 0.25) is 0 Å². The highest BCUT2D eigenvalue weighted by Crippen LogP contribution is 2.22. The Kier molecular flexibility index (Phi) is 4.35. The van der Waals surface area contributed by atoms with Crippen LogP contribution in [0.5, 0.6) is 0 Å². The lowest BCUT2D eigenvalue weighted by atomic mass is 10.1. The molecule has 2 nitrogen and oxygen atoms in total. The van der Waals surface area contributed by atoms with Crippen LogP contribution < -0.4 is 5.32 Å². The topological polar surface area (TPSA) is 21.3 Å². The molecule has 2 rings (SSSR count). The molecule has 1 aromatic carbocycles. The molecule has 0 radical (unpaired) electrons. The third-order valence-electron chi connectivity index (χ3n) is 3.51. The number of benzene rings is 1. The molecule has 92 valence electrons. The molecule has 1 N–H and O–H groups in total. The number of methoxy groups -OCH3 is 1. The summed E-state index contributed by atoms with van der Waals surface area (Å²) in [4.78, 5) is 0. The molecule has 2 atom stereocenters. The van der Waals surface area contributed by atoms with Gasteiger partial charge in [0.1, 0.15) is 0 Å². The molecule has 0 aromatic heterocycles. The fourth-order valence-electron chi connectivity index (χ4n) is 2.47. The van der Waals surface area contributed by atoms with Gasteiger partial charge in [0, 0.05) is 19.7 Å². The Morgan fingerprint density at radius 2 is 2.12 bits per heavy atom. The first-order chi connectivity index (χ1) is 8.31. The second-order valence-electron chi connectivity index (χ2n) is 4.66. The zero-order valence-electron chi connectivity index (χ0n) is 10.5. The van der Waals surface area contributed by atoms with Crippen LogP contribution in [0.3, 0.4) is 0 Å². The summed E-state index contributed by atoms with van der Waals surface area (Å²) < 4.78 is 5.47. The van der Waals surface area contributed by atoms with Gasteiger partial charge in [0.15, 0.2) is 0 Å². The predicted octanol–water partition coefficient (Wildman–Crippen LogP) is 2.86. The van der Waals surface area contributed by atoms with Gasteiger partial charge in [0.25, 0.3) is 0 Å². The normalized spacial score (nSPS) is 23.8. The van der Waals surface area contributed by atoms with Crippen molar-refractivity contribution < 1.29 is 4.74 Å². The van der Waals surface area contributed by atoms with E-state index in [-0.39, 0.29) is 0 Å². The average molecular weight is 231 g/mol. The van der Waals surface area contributed by atoms with E-state index in [9.17, 15) is 0 Å². The van der Waals surface area contributed by atoms with Crippen molar-refractivity contribution in [2.24, 2.45) is 0 Å². The fourth-order valence-corrected chi connectivity index (χ4v) is 2.47. The summed E-state index contributed by atoms with van der Waals surface area (Å²) in [6.45, 7) is 4.98. The third-order valence-corrected chi connectivity index (χ3v) is 3.51. The fraction of sp³-hybridized carbons (Fsp3) is 0.467. The first kappa shape index (κ1) is 12.3. The molecule has 0 bridgehead atoms. The van der Waals surface area contributed by atoms with Gasteiger partial charge in [-0.05, 0) is 30.4 Å². The van der Waals surface area contributed by atoms with Gasteiger partial charge in [0.05, 0.1) is 6.10 Å². The standard InChI is InChI=1S/C15H21NO/c1-12(13-7-4-3-5-8-13)11-16-14-9-6-10-15(14)17-2/h3-5,7-8,14-16H,1,6,9-11H2,2H3. The molecule has 2 unspecified atom stereocenters. The minimum Gasteiger partial charge on any atom is -0.380 e. The summed E-state index contributed by atoms with van der Waals surface area (Å²) in [5.41, 5.74) is 2.36. The van der Waals surface area contributed by atoms with E-state index in [2.05, 4.69) is 24.0 Å². The number of hydrogen-bond donors (Lipinski definition) is 1. The van der Waals surface area contributed by atoms with Crippen molar-refractivity contribution in [3.8, 4) is 0 Å².